The van der Waals surface area contributed by atoms with Gasteiger partial charge >= 0.3 is 0 Å². The first-order valence-corrected chi connectivity index (χ1v) is 4.10. The van der Waals surface area contributed by atoms with E-state index in [1.165, 1.54) is 6.07 Å². The minimum atomic E-state index is -0.353. The average Bonchev–Trinajstić information content (AvgIpc) is 2.32. The highest BCUT2D eigenvalue weighted by atomic mass is 19.1. The molecule has 0 saturated heterocycles. The number of rotatable bonds is 0. The Morgan fingerprint density at radius 1 is 1.31 bits per heavy atom. The molecule has 0 saturated carbocycles. The predicted octanol–water partition coefficient (Wildman–Crippen LogP) is 2.21. The van der Waals surface area contributed by atoms with Gasteiger partial charge in [-0.15, -0.1) is 0 Å². The molecule has 0 radical (unpaired) electrons. The van der Waals surface area contributed by atoms with Crippen molar-refractivity contribution in [3.8, 4) is 0 Å². The lowest BCUT2D eigenvalue weighted by molar-refractivity contribution is 0.633. The van der Waals surface area contributed by atoms with Crippen LogP contribution in [-0.4, -0.2) is 4.57 Å². The number of aromatic nitrogens is 1. The summed E-state index contributed by atoms with van der Waals surface area (Å²) >= 11 is 0. The fourth-order valence-electron chi connectivity index (χ4n) is 1.52. The zero-order valence-corrected chi connectivity index (χ0v) is 7.63. The van der Waals surface area contributed by atoms with E-state index in [0.29, 0.717) is 0 Å². The van der Waals surface area contributed by atoms with Crippen LogP contribution in [0.2, 0.25) is 0 Å². The van der Waals surface area contributed by atoms with Crippen molar-refractivity contribution < 1.29 is 4.39 Å². The highest BCUT2D eigenvalue weighted by Gasteiger charge is 2.05. The average molecular weight is 178 g/mol. The second-order valence-electron chi connectivity index (χ2n) is 3.28. The Hall–Kier alpha value is -1.51. The molecule has 0 bridgehead atoms. The normalized spacial score (nSPS) is 11.0. The molecule has 2 rings (SSSR count). The number of anilines is 1. The van der Waals surface area contributed by atoms with Crippen LogP contribution in [0.15, 0.2) is 18.2 Å². The summed E-state index contributed by atoms with van der Waals surface area (Å²) < 4.78 is 15.0. The van der Waals surface area contributed by atoms with Gasteiger partial charge in [-0.2, -0.15) is 0 Å². The number of hydrogen-bond acceptors (Lipinski definition) is 1. The van der Waals surface area contributed by atoms with Gasteiger partial charge in [-0.1, -0.05) is 0 Å². The summed E-state index contributed by atoms with van der Waals surface area (Å²) in [5, 5.41) is 0.985. The van der Waals surface area contributed by atoms with Crippen LogP contribution in [0, 0.1) is 12.7 Å². The predicted molar refractivity (Wildman–Crippen MR) is 52.0 cm³/mol. The van der Waals surface area contributed by atoms with Crippen molar-refractivity contribution in [1.82, 2.24) is 4.57 Å². The molecule has 2 N–H and O–H groups in total. The van der Waals surface area contributed by atoms with E-state index in [0.717, 1.165) is 16.6 Å². The summed E-state index contributed by atoms with van der Waals surface area (Å²) in [7, 11) is 1.91. The maximum absolute atomic E-state index is 13.1. The summed E-state index contributed by atoms with van der Waals surface area (Å²) in [4.78, 5) is 0. The first-order chi connectivity index (χ1) is 6.09. The van der Waals surface area contributed by atoms with Crippen LogP contribution in [0.5, 0.6) is 0 Å². The molecule has 0 fully saturated rings. The minimum absolute atomic E-state index is 0.207. The van der Waals surface area contributed by atoms with E-state index in [2.05, 4.69) is 0 Å². The summed E-state index contributed by atoms with van der Waals surface area (Å²) in [5.41, 5.74) is 7.64. The van der Waals surface area contributed by atoms with E-state index in [1.807, 2.05) is 24.6 Å². The number of nitrogen functional groups attached to an aromatic ring is 1. The zero-order valence-electron chi connectivity index (χ0n) is 7.63. The molecule has 0 aliphatic rings. The molecular weight excluding hydrogens is 167 g/mol. The van der Waals surface area contributed by atoms with Gasteiger partial charge in [0, 0.05) is 24.2 Å². The Labute approximate surface area is 75.8 Å². The fourth-order valence-corrected chi connectivity index (χ4v) is 1.52. The molecule has 0 spiro atoms. The maximum Gasteiger partial charge on any atom is 0.148 e. The van der Waals surface area contributed by atoms with Gasteiger partial charge in [0.05, 0.1) is 11.2 Å². The number of fused-ring (bicyclic) bond motifs is 1. The molecule has 13 heavy (non-hydrogen) atoms. The monoisotopic (exact) mass is 178 g/mol. The molecule has 0 aliphatic heterocycles. The number of nitrogens with two attached hydrogens (primary N) is 1. The first kappa shape index (κ1) is 8.10. The highest BCUT2D eigenvalue weighted by Crippen LogP contribution is 2.23. The van der Waals surface area contributed by atoms with Crippen LogP contribution >= 0.6 is 0 Å². The number of benzene rings is 1. The van der Waals surface area contributed by atoms with Crippen LogP contribution in [0.3, 0.4) is 0 Å². The van der Waals surface area contributed by atoms with Gasteiger partial charge in [0.15, 0.2) is 0 Å². The van der Waals surface area contributed by atoms with Crippen molar-refractivity contribution in [1.29, 1.82) is 0 Å². The standard InChI is InChI=1S/C10H11FN2/c1-6-3-7-4-9(12)8(11)5-10(7)13(6)2/h3-5H,12H2,1-2H3. The quantitative estimate of drug-likeness (QED) is 0.616. The minimum Gasteiger partial charge on any atom is -0.396 e. The maximum atomic E-state index is 13.1. The molecule has 3 heteroatoms. The van der Waals surface area contributed by atoms with Gasteiger partial charge in [0.2, 0.25) is 0 Å². The zero-order chi connectivity index (χ0) is 9.59. The lowest BCUT2D eigenvalue weighted by atomic mass is 10.2. The van der Waals surface area contributed by atoms with Crippen LogP contribution in [-0.2, 0) is 7.05 Å². The molecule has 0 amide bonds. The SMILES string of the molecule is Cc1cc2cc(N)c(F)cc2n1C. The van der Waals surface area contributed by atoms with Gasteiger partial charge < -0.3 is 10.3 Å². The highest BCUT2D eigenvalue weighted by molar-refractivity contribution is 5.84. The van der Waals surface area contributed by atoms with E-state index in [9.17, 15) is 4.39 Å². The summed E-state index contributed by atoms with van der Waals surface area (Å²) in [6.07, 6.45) is 0. The number of halogens is 1. The molecule has 0 unspecified atom stereocenters. The fraction of sp³-hybridized carbons (Fsp3) is 0.200. The van der Waals surface area contributed by atoms with E-state index in [1.54, 1.807) is 6.07 Å². The van der Waals surface area contributed by atoms with E-state index >= 15 is 0 Å². The molecular formula is C10H11FN2. The Kier molecular flexibility index (Phi) is 1.55. The van der Waals surface area contributed by atoms with Crippen molar-refractivity contribution in [2.75, 3.05) is 5.73 Å². The van der Waals surface area contributed by atoms with Crippen LogP contribution < -0.4 is 5.73 Å². The molecule has 1 aromatic heterocycles. The molecule has 1 heterocycles. The second kappa shape index (κ2) is 2.49. The third kappa shape index (κ3) is 1.08. The summed E-state index contributed by atoms with van der Waals surface area (Å²) in [6.45, 7) is 1.98. The Bertz CT molecular complexity index is 471. The molecule has 1 aromatic carbocycles. The Morgan fingerprint density at radius 2 is 2.00 bits per heavy atom. The van der Waals surface area contributed by atoms with Crippen molar-refractivity contribution in [3.63, 3.8) is 0 Å². The van der Waals surface area contributed by atoms with Crippen LogP contribution in [0.4, 0.5) is 10.1 Å². The van der Waals surface area contributed by atoms with Crippen LogP contribution in [0.25, 0.3) is 10.9 Å². The van der Waals surface area contributed by atoms with Crippen molar-refractivity contribution in [3.05, 3.63) is 29.7 Å². The Balaban J connectivity index is 2.89. The second-order valence-corrected chi connectivity index (χ2v) is 3.28. The van der Waals surface area contributed by atoms with Crippen molar-refractivity contribution >= 4 is 16.6 Å². The van der Waals surface area contributed by atoms with Crippen molar-refractivity contribution in [2.45, 2.75) is 6.92 Å². The molecule has 0 aliphatic carbocycles. The summed E-state index contributed by atoms with van der Waals surface area (Å²) in [5.74, 6) is -0.353. The summed E-state index contributed by atoms with van der Waals surface area (Å²) in [6, 6.07) is 5.13. The lowest BCUT2D eigenvalue weighted by Gasteiger charge is -2.00. The molecule has 2 nitrogen and oxygen atoms in total. The molecule has 68 valence electrons. The third-order valence-electron chi connectivity index (χ3n) is 2.40. The van der Waals surface area contributed by atoms with Gasteiger partial charge in [0.1, 0.15) is 5.82 Å². The van der Waals surface area contributed by atoms with Gasteiger partial charge in [0.25, 0.3) is 0 Å². The first-order valence-electron chi connectivity index (χ1n) is 4.10. The van der Waals surface area contributed by atoms with Crippen LogP contribution in [0.1, 0.15) is 5.69 Å². The van der Waals surface area contributed by atoms with E-state index in [4.69, 9.17) is 5.73 Å². The van der Waals surface area contributed by atoms with Gasteiger partial charge in [-0.25, -0.2) is 4.39 Å². The Morgan fingerprint density at radius 3 is 2.69 bits per heavy atom. The van der Waals surface area contributed by atoms with E-state index < -0.39 is 0 Å². The van der Waals surface area contributed by atoms with Crippen molar-refractivity contribution in [2.24, 2.45) is 7.05 Å². The third-order valence-corrected chi connectivity index (χ3v) is 2.40. The number of hydrogen-bond donors (Lipinski definition) is 1. The van der Waals surface area contributed by atoms with Gasteiger partial charge in [-0.3, -0.25) is 0 Å². The van der Waals surface area contributed by atoms with E-state index in [-0.39, 0.29) is 11.5 Å². The van der Waals surface area contributed by atoms with Gasteiger partial charge in [-0.05, 0) is 19.1 Å². The topological polar surface area (TPSA) is 30.9 Å². The number of aryl methyl sites for hydroxylation is 2. The molecule has 0 atom stereocenters. The molecule has 2 aromatic rings. The largest absolute Gasteiger partial charge is 0.396 e. The lowest BCUT2D eigenvalue weighted by Crippen LogP contribution is -1.93. The number of nitrogens with zero attached hydrogens (tertiary/aromatic N) is 1. The smallest absolute Gasteiger partial charge is 0.148 e.